The van der Waals surface area contributed by atoms with Crippen LogP contribution in [0.15, 0.2) is 42.5 Å². The van der Waals surface area contributed by atoms with Crippen molar-refractivity contribution in [3.8, 4) is 11.5 Å². The normalized spacial score (nSPS) is 11.6. The van der Waals surface area contributed by atoms with E-state index < -0.39 is 0 Å². The third-order valence-corrected chi connectivity index (χ3v) is 3.53. The van der Waals surface area contributed by atoms with Crippen LogP contribution in [-0.4, -0.2) is 31.1 Å². The molecular weight excluding hydrogens is 338 g/mol. The molecule has 2 aromatic rings. The van der Waals surface area contributed by atoms with Crippen LogP contribution >= 0.6 is 0 Å². The molecule has 1 aliphatic rings. The summed E-state index contributed by atoms with van der Waals surface area (Å²) in [5.41, 5.74) is 1.53. The number of nitrogens with one attached hydrogen (secondary N) is 3. The number of rotatable bonds is 5. The predicted octanol–water partition coefficient (Wildman–Crippen LogP) is 1.74. The van der Waals surface area contributed by atoms with Crippen LogP contribution in [0.4, 0.5) is 11.4 Å². The Morgan fingerprint density at radius 2 is 1.62 bits per heavy atom. The average molecular weight is 355 g/mol. The van der Waals surface area contributed by atoms with Crippen molar-refractivity contribution in [3.05, 3.63) is 48.0 Å². The van der Waals surface area contributed by atoms with Gasteiger partial charge in [0.25, 0.3) is 5.91 Å². The average Bonchev–Trinajstić information content (AvgIpc) is 3.07. The lowest BCUT2D eigenvalue weighted by Crippen LogP contribution is -2.32. The molecule has 134 valence electrons. The minimum atomic E-state index is -0.389. The van der Waals surface area contributed by atoms with Crippen molar-refractivity contribution in [2.75, 3.05) is 24.0 Å². The Labute approximate surface area is 149 Å². The van der Waals surface area contributed by atoms with Crippen LogP contribution < -0.4 is 25.4 Å². The highest BCUT2D eigenvalue weighted by Crippen LogP contribution is 2.34. The molecular formula is C18H17N3O5. The van der Waals surface area contributed by atoms with E-state index in [4.69, 9.17) is 9.47 Å². The Hall–Kier alpha value is -3.55. The van der Waals surface area contributed by atoms with E-state index in [1.165, 1.54) is 6.92 Å². The first-order valence-corrected chi connectivity index (χ1v) is 7.86. The Bertz CT molecular complexity index is 848. The zero-order valence-electron chi connectivity index (χ0n) is 14.0. The molecule has 0 atom stereocenters. The largest absolute Gasteiger partial charge is 0.454 e. The van der Waals surface area contributed by atoms with Gasteiger partial charge in [0.2, 0.25) is 18.6 Å². The lowest BCUT2D eigenvalue weighted by molar-refractivity contribution is -0.115. The summed E-state index contributed by atoms with van der Waals surface area (Å²) in [7, 11) is 0. The van der Waals surface area contributed by atoms with Crippen molar-refractivity contribution in [3.63, 3.8) is 0 Å². The van der Waals surface area contributed by atoms with Crippen LogP contribution in [0.25, 0.3) is 0 Å². The topological polar surface area (TPSA) is 106 Å². The lowest BCUT2D eigenvalue weighted by atomic mass is 10.2. The summed E-state index contributed by atoms with van der Waals surface area (Å²) in [6, 6.07) is 11.4. The zero-order chi connectivity index (χ0) is 18.5. The molecule has 0 fully saturated rings. The van der Waals surface area contributed by atoms with Crippen LogP contribution in [0, 0.1) is 0 Å². The Kier molecular flexibility index (Phi) is 5.02. The molecule has 8 nitrogen and oxygen atoms in total. The summed E-state index contributed by atoms with van der Waals surface area (Å²) >= 11 is 0. The summed E-state index contributed by atoms with van der Waals surface area (Å²) in [5, 5.41) is 7.82. The Morgan fingerprint density at radius 3 is 2.35 bits per heavy atom. The Morgan fingerprint density at radius 1 is 0.923 bits per heavy atom. The summed E-state index contributed by atoms with van der Waals surface area (Å²) in [5.74, 6) is 0.236. The van der Waals surface area contributed by atoms with Gasteiger partial charge in [-0.1, -0.05) is 0 Å². The van der Waals surface area contributed by atoms with Gasteiger partial charge in [-0.2, -0.15) is 0 Å². The van der Waals surface area contributed by atoms with E-state index in [1.807, 2.05) is 0 Å². The minimum absolute atomic E-state index is 0.156. The van der Waals surface area contributed by atoms with Crippen LogP contribution in [0.3, 0.4) is 0 Å². The molecule has 3 N–H and O–H groups in total. The summed E-state index contributed by atoms with van der Waals surface area (Å²) in [6.45, 7) is 1.38. The van der Waals surface area contributed by atoms with Gasteiger partial charge in [-0.15, -0.1) is 0 Å². The second kappa shape index (κ2) is 7.56. The molecule has 0 bridgehead atoms. The Balaban J connectivity index is 1.50. The fourth-order valence-electron chi connectivity index (χ4n) is 2.35. The highest BCUT2D eigenvalue weighted by molar-refractivity contribution is 5.99. The van der Waals surface area contributed by atoms with Crippen molar-refractivity contribution in [2.24, 2.45) is 0 Å². The molecule has 0 spiro atoms. The molecule has 0 radical (unpaired) electrons. The second-order valence-corrected chi connectivity index (χ2v) is 5.56. The molecule has 0 saturated carbocycles. The first-order chi connectivity index (χ1) is 12.5. The predicted molar refractivity (Wildman–Crippen MR) is 94.3 cm³/mol. The van der Waals surface area contributed by atoms with E-state index in [0.29, 0.717) is 28.4 Å². The van der Waals surface area contributed by atoms with Gasteiger partial charge in [0, 0.05) is 29.9 Å². The molecule has 0 aromatic heterocycles. The van der Waals surface area contributed by atoms with Crippen molar-refractivity contribution >= 4 is 29.1 Å². The summed E-state index contributed by atoms with van der Waals surface area (Å²) in [4.78, 5) is 35.0. The highest BCUT2D eigenvalue weighted by atomic mass is 16.7. The summed E-state index contributed by atoms with van der Waals surface area (Å²) in [6.07, 6.45) is 0. The SMILES string of the molecule is CC(=O)Nc1ccc(C(=O)NCC(=O)Nc2ccc3c(c2)OCO3)cc1. The first kappa shape index (κ1) is 17.3. The third kappa shape index (κ3) is 4.29. The van der Waals surface area contributed by atoms with Crippen molar-refractivity contribution in [2.45, 2.75) is 6.92 Å². The van der Waals surface area contributed by atoms with Gasteiger partial charge < -0.3 is 25.4 Å². The second-order valence-electron chi connectivity index (χ2n) is 5.56. The number of carbonyl (C=O) groups excluding carboxylic acids is 3. The molecule has 1 aliphatic heterocycles. The van der Waals surface area contributed by atoms with Gasteiger partial charge in [0.1, 0.15) is 0 Å². The lowest BCUT2D eigenvalue weighted by Gasteiger charge is -2.08. The maximum atomic E-state index is 12.1. The molecule has 3 amide bonds. The van der Waals surface area contributed by atoms with Gasteiger partial charge >= 0.3 is 0 Å². The quantitative estimate of drug-likeness (QED) is 0.758. The molecule has 8 heteroatoms. The van der Waals surface area contributed by atoms with Crippen molar-refractivity contribution in [1.82, 2.24) is 5.32 Å². The molecule has 26 heavy (non-hydrogen) atoms. The van der Waals surface area contributed by atoms with Crippen molar-refractivity contribution < 1.29 is 23.9 Å². The van der Waals surface area contributed by atoms with Crippen LogP contribution in [0.2, 0.25) is 0 Å². The molecule has 0 saturated heterocycles. The molecule has 0 unspecified atom stereocenters. The zero-order valence-corrected chi connectivity index (χ0v) is 14.0. The smallest absolute Gasteiger partial charge is 0.251 e. The monoisotopic (exact) mass is 355 g/mol. The number of carbonyl (C=O) groups is 3. The number of ether oxygens (including phenoxy) is 2. The maximum Gasteiger partial charge on any atom is 0.251 e. The number of hydrogen-bond acceptors (Lipinski definition) is 5. The van der Waals surface area contributed by atoms with E-state index in [0.717, 1.165) is 0 Å². The number of amides is 3. The van der Waals surface area contributed by atoms with E-state index in [9.17, 15) is 14.4 Å². The third-order valence-electron chi connectivity index (χ3n) is 3.53. The minimum Gasteiger partial charge on any atom is -0.454 e. The van der Waals surface area contributed by atoms with Gasteiger partial charge in [0.05, 0.1) is 6.54 Å². The van der Waals surface area contributed by atoms with E-state index >= 15 is 0 Å². The van der Waals surface area contributed by atoms with Crippen LogP contribution in [0.5, 0.6) is 11.5 Å². The van der Waals surface area contributed by atoms with E-state index in [2.05, 4.69) is 16.0 Å². The van der Waals surface area contributed by atoms with Gasteiger partial charge in [-0.3, -0.25) is 14.4 Å². The van der Waals surface area contributed by atoms with E-state index in [1.54, 1.807) is 42.5 Å². The number of hydrogen-bond donors (Lipinski definition) is 3. The molecule has 0 aliphatic carbocycles. The number of benzene rings is 2. The number of anilines is 2. The van der Waals surface area contributed by atoms with Gasteiger partial charge in [-0.25, -0.2) is 0 Å². The standard InChI is InChI=1S/C18H17N3O5/c1-11(22)20-13-4-2-12(3-5-13)18(24)19-9-17(23)21-14-6-7-15-16(8-14)26-10-25-15/h2-8H,9-10H2,1H3,(H,19,24)(H,20,22)(H,21,23). The molecule has 2 aromatic carbocycles. The van der Waals surface area contributed by atoms with Crippen LogP contribution in [-0.2, 0) is 9.59 Å². The number of fused-ring (bicyclic) bond motifs is 1. The fraction of sp³-hybridized carbons (Fsp3) is 0.167. The van der Waals surface area contributed by atoms with E-state index in [-0.39, 0.29) is 31.1 Å². The van der Waals surface area contributed by atoms with Gasteiger partial charge in [0.15, 0.2) is 11.5 Å². The molecule has 3 rings (SSSR count). The van der Waals surface area contributed by atoms with Crippen LogP contribution in [0.1, 0.15) is 17.3 Å². The first-order valence-electron chi connectivity index (χ1n) is 7.86. The summed E-state index contributed by atoms with van der Waals surface area (Å²) < 4.78 is 10.4. The van der Waals surface area contributed by atoms with Gasteiger partial charge in [-0.05, 0) is 36.4 Å². The highest BCUT2D eigenvalue weighted by Gasteiger charge is 2.14. The fourth-order valence-corrected chi connectivity index (χ4v) is 2.35. The maximum absolute atomic E-state index is 12.1. The molecule has 1 heterocycles. The van der Waals surface area contributed by atoms with Crippen molar-refractivity contribution in [1.29, 1.82) is 0 Å².